The molecule has 1 N–H and O–H groups in total. The molecule has 39 heavy (non-hydrogen) atoms. The molecule has 3 aromatic carbocycles. The number of carbonyl (C=O) groups is 2. The predicted molar refractivity (Wildman–Crippen MR) is 153 cm³/mol. The fraction of sp³-hybridized carbons (Fsp3) is 0.226. The van der Waals surface area contributed by atoms with Gasteiger partial charge < -0.3 is 9.47 Å². The Morgan fingerprint density at radius 2 is 1.62 bits per heavy atom. The molecule has 5 nitrogen and oxygen atoms in total. The van der Waals surface area contributed by atoms with Crippen molar-refractivity contribution < 1.29 is 23.5 Å². The highest BCUT2D eigenvalue weighted by Gasteiger charge is 2.52. The Balaban J connectivity index is 1.29. The first-order chi connectivity index (χ1) is 18.8. The maximum atomic E-state index is 14.1. The number of anilines is 1. The van der Waals surface area contributed by atoms with Crippen molar-refractivity contribution in [2.45, 2.75) is 38.2 Å². The normalized spacial score (nSPS) is 14.4. The topological polar surface area (TPSA) is 64.6 Å². The minimum absolute atomic E-state index is 0.147. The van der Waals surface area contributed by atoms with E-state index in [1.165, 1.54) is 17.4 Å². The van der Waals surface area contributed by atoms with Crippen LogP contribution in [0.4, 0.5) is 14.9 Å². The first kappa shape index (κ1) is 26.9. The van der Waals surface area contributed by atoms with Gasteiger partial charge in [0.2, 0.25) is 0 Å². The Morgan fingerprint density at radius 1 is 1.00 bits per heavy atom. The van der Waals surface area contributed by atoms with Crippen molar-refractivity contribution in [1.82, 2.24) is 0 Å². The lowest BCUT2D eigenvalue weighted by atomic mass is 9.93. The van der Waals surface area contributed by atoms with Crippen LogP contribution in [0.15, 0.2) is 78.9 Å². The first-order valence-electron chi connectivity index (χ1n) is 12.7. The Morgan fingerprint density at radius 3 is 2.23 bits per heavy atom. The molecule has 200 valence electrons. The molecule has 1 saturated carbocycles. The molecule has 1 fully saturated rings. The van der Waals surface area contributed by atoms with Crippen molar-refractivity contribution in [2.24, 2.45) is 0 Å². The molecule has 1 aliphatic carbocycles. The van der Waals surface area contributed by atoms with Crippen LogP contribution in [0.25, 0.3) is 21.6 Å². The molecule has 1 aliphatic rings. The van der Waals surface area contributed by atoms with Gasteiger partial charge in [0, 0.05) is 5.56 Å². The van der Waals surface area contributed by atoms with Crippen molar-refractivity contribution in [3.63, 3.8) is 0 Å². The van der Waals surface area contributed by atoms with Gasteiger partial charge in [-0.2, -0.15) is 0 Å². The number of benzene rings is 3. The number of nitrogens with one attached hydrogen (secondary N) is 1. The fourth-order valence-electron chi connectivity index (χ4n) is 4.64. The second-order valence-electron chi connectivity index (χ2n) is 9.44. The fourth-order valence-corrected chi connectivity index (χ4v) is 5.82. The van der Waals surface area contributed by atoms with Crippen LogP contribution in [0.1, 0.15) is 43.9 Å². The summed E-state index contributed by atoms with van der Waals surface area (Å²) in [6, 6.07) is 23.8. The van der Waals surface area contributed by atoms with Gasteiger partial charge in [0.25, 0.3) is 0 Å². The summed E-state index contributed by atoms with van der Waals surface area (Å²) in [5.74, 6) is -0.579. The number of ether oxygens (including phenoxy) is 2. The molecule has 1 unspecified atom stereocenters. The van der Waals surface area contributed by atoms with Gasteiger partial charge >= 0.3 is 12.1 Å². The summed E-state index contributed by atoms with van der Waals surface area (Å²) in [5, 5.41) is 2.75. The van der Waals surface area contributed by atoms with E-state index in [9.17, 15) is 14.0 Å². The van der Waals surface area contributed by atoms with Crippen LogP contribution in [-0.2, 0) is 19.7 Å². The van der Waals surface area contributed by atoms with Crippen LogP contribution >= 0.6 is 22.9 Å². The zero-order valence-electron chi connectivity index (χ0n) is 21.5. The summed E-state index contributed by atoms with van der Waals surface area (Å²) < 4.78 is 25.2. The van der Waals surface area contributed by atoms with Gasteiger partial charge in [0.05, 0.1) is 26.9 Å². The largest absolute Gasteiger partial charge is 0.465 e. The zero-order valence-corrected chi connectivity index (χ0v) is 23.1. The average molecular weight is 564 g/mol. The van der Waals surface area contributed by atoms with E-state index in [0.29, 0.717) is 22.2 Å². The van der Waals surface area contributed by atoms with Gasteiger partial charge in [-0.1, -0.05) is 78.3 Å². The zero-order chi connectivity index (χ0) is 27.6. The molecule has 1 amide bonds. The monoisotopic (exact) mass is 563 g/mol. The number of rotatable bonds is 8. The Hall–Kier alpha value is -3.68. The van der Waals surface area contributed by atoms with Crippen LogP contribution in [0.5, 0.6) is 0 Å². The molecule has 1 aromatic heterocycles. The van der Waals surface area contributed by atoms with E-state index in [4.69, 9.17) is 21.1 Å². The molecule has 0 aliphatic heterocycles. The lowest BCUT2D eigenvalue weighted by Gasteiger charge is -2.15. The van der Waals surface area contributed by atoms with Gasteiger partial charge in [0.1, 0.15) is 11.9 Å². The summed E-state index contributed by atoms with van der Waals surface area (Å²) in [6.07, 6.45) is 0.167. The van der Waals surface area contributed by atoms with Crippen LogP contribution < -0.4 is 5.32 Å². The molecule has 0 bridgehead atoms. The summed E-state index contributed by atoms with van der Waals surface area (Å²) in [6.45, 7) is 3.82. The number of hydrogen-bond donors (Lipinski definition) is 1. The minimum atomic E-state index is -0.762. The molecule has 5 rings (SSSR count). The van der Waals surface area contributed by atoms with Gasteiger partial charge in [-0.15, -0.1) is 11.3 Å². The quantitative estimate of drug-likeness (QED) is 0.218. The lowest BCUT2D eigenvalue weighted by molar-refractivity contribution is -0.146. The summed E-state index contributed by atoms with van der Waals surface area (Å²) in [4.78, 5) is 25.8. The van der Waals surface area contributed by atoms with E-state index in [1.54, 1.807) is 31.2 Å². The molecule has 4 aromatic rings. The van der Waals surface area contributed by atoms with Crippen molar-refractivity contribution in [1.29, 1.82) is 0 Å². The second-order valence-corrected chi connectivity index (χ2v) is 11.1. The van der Waals surface area contributed by atoms with E-state index in [0.717, 1.165) is 40.0 Å². The highest BCUT2D eigenvalue weighted by atomic mass is 35.5. The van der Waals surface area contributed by atoms with Crippen molar-refractivity contribution >= 4 is 40.7 Å². The maximum absolute atomic E-state index is 14.1. The standard InChI is InChI=1S/C31H27ClFNO4S/c1-3-37-29(35)31(16-17-31)23-14-12-21(13-15-23)20-8-10-22(11-9-20)28-26(18-27(32)39-28)34-30(36)38-19(2)24-6-4-5-7-25(24)33/h4-15,18-19H,3,16-17H2,1-2H3,(H,34,36). The van der Waals surface area contributed by atoms with E-state index in [-0.39, 0.29) is 5.97 Å². The Kier molecular flexibility index (Phi) is 7.73. The molecular formula is C31H27ClFNO4S. The lowest BCUT2D eigenvalue weighted by Crippen LogP contribution is -2.23. The third-order valence-corrected chi connectivity index (χ3v) is 8.21. The molecule has 0 spiro atoms. The number of hydrogen-bond acceptors (Lipinski definition) is 5. The average Bonchev–Trinajstić information content (AvgIpc) is 3.67. The highest BCUT2D eigenvalue weighted by Crippen LogP contribution is 2.49. The SMILES string of the molecule is CCOC(=O)C1(c2ccc(-c3ccc(-c4sc(Cl)cc4NC(=O)OC(C)c4ccccc4F)cc3)cc2)CC1. The first-order valence-corrected chi connectivity index (χ1v) is 13.9. The summed E-state index contributed by atoms with van der Waals surface area (Å²) in [7, 11) is 0. The minimum Gasteiger partial charge on any atom is -0.465 e. The van der Waals surface area contributed by atoms with Crippen molar-refractivity contribution in [3.8, 4) is 21.6 Å². The predicted octanol–water partition coefficient (Wildman–Crippen LogP) is 8.78. The summed E-state index contributed by atoms with van der Waals surface area (Å²) in [5.41, 5.74) is 4.23. The Bertz CT molecular complexity index is 1500. The molecule has 1 atom stereocenters. The number of amides is 1. The molecular weight excluding hydrogens is 537 g/mol. The number of thiophene rings is 1. The van der Waals surface area contributed by atoms with Crippen LogP contribution in [0, 0.1) is 5.82 Å². The van der Waals surface area contributed by atoms with Crippen LogP contribution in [0.3, 0.4) is 0 Å². The van der Waals surface area contributed by atoms with Crippen LogP contribution in [0.2, 0.25) is 4.34 Å². The van der Waals surface area contributed by atoms with E-state index < -0.39 is 23.4 Å². The Labute approximate surface area is 235 Å². The van der Waals surface area contributed by atoms with Crippen LogP contribution in [-0.4, -0.2) is 18.7 Å². The van der Waals surface area contributed by atoms with Gasteiger partial charge in [-0.25, -0.2) is 9.18 Å². The van der Waals surface area contributed by atoms with E-state index in [1.807, 2.05) is 55.5 Å². The number of halogens is 2. The van der Waals surface area contributed by atoms with E-state index in [2.05, 4.69) is 5.32 Å². The molecule has 0 radical (unpaired) electrons. The smallest absolute Gasteiger partial charge is 0.412 e. The van der Waals surface area contributed by atoms with Gasteiger partial charge in [-0.05, 0) is 61.1 Å². The van der Waals surface area contributed by atoms with Crippen molar-refractivity contribution in [3.05, 3.63) is 100 Å². The molecule has 0 saturated heterocycles. The summed E-state index contributed by atoms with van der Waals surface area (Å²) >= 11 is 7.63. The molecule has 1 heterocycles. The number of esters is 1. The highest BCUT2D eigenvalue weighted by molar-refractivity contribution is 7.20. The number of carbonyl (C=O) groups excluding carboxylic acids is 2. The van der Waals surface area contributed by atoms with E-state index >= 15 is 0 Å². The van der Waals surface area contributed by atoms with Gasteiger partial charge in [-0.3, -0.25) is 10.1 Å². The third-order valence-electron chi connectivity index (χ3n) is 6.90. The third kappa shape index (κ3) is 5.70. The molecule has 8 heteroatoms. The maximum Gasteiger partial charge on any atom is 0.412 e. The second kappa shape index (κ2) is 11.2. The van der Waals surface area contributed by atoms with Crippen molar-refractivity contribution in [2.75, 3.05) is 11.9 Å². The van der Waals surface area contributed by atoms with Gasteiger partial charge in [0.15, 0.2) is 0 Å².